The third-order valence-electron chi connectivity index (χ3n) is 4.04. The molecule has 2 aromatic rings. The van der Waals surface area contributed by atoms with Crippen molar-refractivity contribution < 1.29 is 9.59 Å². The molecule has 2 aromatic carbocycles. The molecule has 0 aliphatic heterocycles. The van der Waals surface area contributed by atoms with Crippen molar-refractivity contribution >= 4 is 29.1 Å². The average Bonchev–Trinajstić information content (AvgIpc) is 2.56. The fraction of sp³-hybridized carbons (Fsp3) is 0.300. The van der Waals surface area contributed by atoms with Crippen LogP contribution in [0.25, 0.3) is 0 Å². The van der Waals surface area contributed by atoms with Crippen LogP contribution in [-0.4, -0.2) is 11.8 Å². The highest BCUT2D eigenvalue weighted by atomic mass is 35.5. The Kier molecular flexibility index (Phi) is 6.59. The second-order valence-electron chi connectivity index (χ2n) is 6.02. The molecule has 0 saturated heterocycles. The summed E-state index contributed by atoms with van der Waals surface area (Å²) in [7, 11) is 0. The molecule has 0 aliphatic carbocycles. The monoisotopic (exact) mass is 358 g/mol. The molecule has 2 N–H and O–H groups in total. The Labute approximate surface area is 153 Å². The molecular weight excluding hydrogens is 336 g/mol. The number of hydrogen-bond acceptors (Lipinski definition) is 2. The normalized spacial score (nSPS) is 11.7. The van der Waals surface area contributed by atoms with Crippen molar-refractivity contribution in [2.45, 2.75) is 39.7 Å². The van der Waals surface area contributed by atoms with Gasteiger partial charge in [0, 0.05) is 17.6 Å². The number of para-hydroxylation sites is 1. The number of halogens is 1. The van der Waals surface area contributed by atoms with E-state index in [1.54, 1.807) is 12.1 Å². The first-order valence-electron chi connectivity index (χ1n) is 8.31. The lowest BCUT2D eigenvalue weighted by Crippen LogP contribution is -2.30. The summed E-state index contributed by atoms with van der Waals surface area (Å²) >= 11 is 5.92. The van der Waals surface area contributed by atoms with Crippen molar-refractivity contribution in [1.82, 2.24) is 5.32 Å². The third kappa shape index (κ3) is 5.33. The van der Waals surface area contributed by atoms with E-state index >= 15 is 0 Å². The second kappa shape index (κ2) is 8.67. The van der Waals surface area contributed by atoms with Crippen molar-refractivity contribution in [3.05, 3.63) is 64.2 Å². The highest BCUT2D eigenvalue weighted by Crippen LogP contribution is 2.24. The van der Waals surface area contributed by atoms with Crippen LogP contribution < -0.4 is 10.6 Å². The second-order valence-corrected chi connectivity index (χ2v) is 6.46. The van der Waals surface area contributed by atoms with Crippen LogP contribution >= 0.6 is 11.6 Å². The van der Waals surface area contributed by atoms with E-state index in [9.17, 15) is 9.59 Å². The molecule has 0 aromatic heterocycles. The number of carbonyl (C=O) groups excluding carboxylic acids is 2. The van der Waals surface area contributed by atoms with Crippen molar-refractivity contribution in [3.8, 4) is 0 Å². The van der Waals surface area contributed by atoms with Crippen molar-refractivity contribution in [2.24, 2.45) is 0 Å². The molecule has 0 heterocycles. The van der Waals surface area contributed by atoms with Crippen LogP contribution in [0.3, 0.4) is 0 Å². The average molecular weight is 359 g/mol. The number of nitrogens with one attached hydrogen (secondary N) is 2. The number of hydrogen-bond donors (Lipinski definition) is 2. The summed E-state index contributed by atoms with van der Waals surface area (Å²) in [5.41, 5.74) is 3.81. The summed E-state index contributed by atoms with van der Waals surface area (Å²) in [5, 5.41) is 6.44. The van der Waals surface area contributed by atoms with Gasteiger partial charge in [-0.2, -0.15) is 0 Å². The lowest BCUT2D eigenvalue weighted by Gasteiger charge is -2.19. The van der Waals surface area contributed by atoms with E-state index < -0.39 is 6.04 Å². The Morgan fingerprint density at radius 3 is 2.40 bits per heavy atom. The van der Waals surface area contributed by atoms with Gasteiger partial charge in [0.2, 0.25) is 11.8 Å². The van der Waals surface area contributed by atoms with Crippen LogP contribution in [0.2, 0.25) is 5.02 Å². The van der Waals surface area contributed by atoms with Crippen LogP contribution in [0, 0.1) is 6.92 Å². The minimum atomic E-state index is -0.399. The molecule has 25 heavy (non-hydrogen) atoms. The number of anilines is 1. The molecular formula is C20H23ClN2O2. The Bertz CT molecular complexity index is 757. The zero-order valence-corrected chi connectivity index (χ0v) is 15.5. The summed E-state index contributed by atoms with van der Waals surface area (Å²) in [4.78, 5) is 24.1. The maximum Gasteiger partial charge on any atom is 0.226 e. The quantitative estimate of drug-likeness (QED) is 0.803. The first-order valence-corrected chi connectivity index (χ1v) is 8.69. The SMILES string of the molecule is CCc1cccc(C)c1NC(=O)CC(NC(C)=O)c1ccc(Cl)cc1. The van der Waals surface area contributed by atoms with Crippen molar-refractivity contribution in [1.29, 1.82) is 0 Å². The predicted octanol–water partition coefficient (Wildman–Crippen LogP) is 4.42. The molecule has 0 spiro atoms. The van der Waals surface area contributed by atoms with E-state index in [2.05, 4.69) is 17.6 Å². The number of benzene rings is 2. The van der Waals surface area contributed by atoms with Crippen molar-refractivity contribution in [3.63, 3.8) is 0 Å². The topological polar surface area (TPSA) is 58.2 Å². The minimum absolute atomic E-state index is 0.141. The summed E-state index contributed by atoms with van der Waals surface area (Å²) < 4.78 is 0. The van der Waals surface area contributed by atoms with E-state index in [4.69, 9.17) is 11.6 Å². The summed E-state index contributed by atoms with van der Waals surface area (Å²) in [5.74, 6) is -0.324. The number of carbonyl (C=O) groups is 2. The molecule has 2 rings (SSSR count). The Hall–Kier alpha value is -2.33. The predicted molar refractivity (Wildman–Crippen MR) is 102 cm³/mol. The maximum absolute atomic E-state index is 12.6. The van der Waals surface area contributed by atoms with Gasteiger partial charge in [0.1, 0.15) is 0 Å². The van der Waals surface area contributed by atoms with Gasteiger partial charge in [0.05, 0.1) is 12.5 Å². The smallest absolute Gasteiger partial charge is 0.226 e. The largest absolute Gasteiger partial charge is 0.349 e. The fourth-order valence-corrected chi connectivity index (χ4v) is 2.90. The lowest BCUT2D eigenvalue weighted by atomic mass is 10.0. The van der Waals surface area contributed by atoms with E-state index in [0.29, 0.717) is 5.02 Å². The van der Waals surface area contributed by atoms with Gasteiger partial charge in [-0.3, -0.25) is 9.59 Å². The zero-order valence-electron chi connectivity index (χ0n) is 14.7. The van der Waals surface area contributed by atoms with E-state index in [0.717, 1.165) is 28.8 Å². The summed E-state index contributed by atoms with van der Waals surface area (Å²) in [6, 6.07) is 12.7. The zero-order chi connectivity index (χ0) is 18.4. The van der Waals surface area contributed by atoms with Gasteiger partial charge in [0.25, 0.3) is 0 Å². The lowest BCUT2D eigenvalue weighted by molar-refractivity contribution is -0.120. The van der Waals surface area contributed by atoms with Crippen LogP contribution in [0.1, 0.15) is 43.0 Å². The third-order valence-corrected chi connectivity index (χ3v) is 4.30. The van der Waals surface area contributed by atoms with Gasteiger partial charge in [0.15, 0.2) is 0 Å². The van der Waals surface area contributed by atoms with Crippen LogP contribution in [0.4, 0.5) is 5.69 Å². The number of amides is 2. The first kappa shape index (κ1) is 19.0. The van der Waals surface area contributed by atoms with Gasteiger partial charge >= 0.3 is 0 Å². The molecule has 132 valence electrons. The molecule has 4 nitrogen and oxygen atoms in total. The van der Waals surface area contributed by atoms with Crippen LogP contribution in [0.15, 0.2) is 42.5 Å². The highest BCUT2D eigenvalue weighted by molar-refractivity contribution is 6.30. The maximum atomic E-state index is 12.6. The van der Waals surface area contributed by atoms with Crippen molar-refractivity contribution in [2.75, 3.05) is 5.32 Å². The number of rotatable bonds is 6. The molecule has 0 aliphatic rings. The van der Waals surface area contributed by atoms with Crippen LogP contribution in [-0.2, 0) is 16.0 Å². The minimum Gasteiger partial charge on any atom is -0.349 e. The highest BCUT2D eigenvalue weighted by Gasteiger charge is 2.18. The van der Waals surface area contributed by atoms with Crippen LogP contribution in [0.5, 0.6) is 0 Å². The van der Waals surface area contributed by atoms with Gasteiger partial charge in [-0.05, 0) is 42.2 Å². The Balaban J connectivity index is 2.17. The molecule has 1 atom stereocenters. The molecule has 0 fully saturated rings. The van der Waals surface area contributed by atoms with Gasteiger partial charge in [-0.25, -0.2) is 0 Å². The molecule has 5 heteroatoms. The number of aryl methyl sites for hydroxylation is 2. The first-order chi connectivity index (χ1) is 11.9. The van der Waals surface area contributed by atoms with E-state index in [1.807, 2.05) is 37.3 Å². The molecule has 0 saturated carbocycles. The van der Waals surface area contributed by atoms with Gasteiger partial charge in [-0.1, -0.05) is 48.9 Å². The summed E-state index contributed by atoms with van der Waals surface area (Å²) in [6.07, 6.45) is 0.988. The standard InChI is InChI=1S/C20H23ClN2O2/c1-4-15-7-5-6-13(2)20(15)23-19(25)12-18(22-14(3)24)16-8-10-17(21)11-9-16/h5-11,18H,4,12H2,1-3H3,(H,22,24)(H,23,25). The Morgan fingerprint density at radius 1 is 1.12 bits per heavy atom. The Morgan fingerprint density at radius 2 is 1.80 bits per heavy atom. The van der Waals surface area contributed by atoms with E-state index in [1.165, 1.54) is 6.92 Å². The van der Waals surface area contributed by atoms with E-state index in [-0.39, 0.29) is 18.2 Å². The molecule has 0 radical (unpaired) electrons. The molecule has 1 unspecified atom stereocenters. The summed E-state index contributed by atoms with van der Waals surface area (Å²) in [6.45, 7) is 5.47. The van der Waals surface area contributed by atoms with Gasteiger partial charge in [-0.15, -0.1) is 0 Å². The molecule has 2 amide bonds. The fourth-order valence-electron chi connectivity index (χ4n) is 2.77. The molecule has 0 bridgehead atoms. The van der Waals surface area contributed by atoms with Gasteiger partial charge < -0.3 is 10.6 Å².